The summed E-state index contributed by atoms with van der Waals surface area (Å²) in [5.74, 6) is 0.111. The lowest BCUT2D eigenvalue weighted by atomic mass is 10.2. The third-order valence-corrected chi connectivity index (χ3v) is 6.54. The van der Waals surface area contributed by atoms with E-state index in [9.17, 15) is 13.2 Å². The van der Waals surface area contributed by atoms with Crippen molar-refractivity contribution < 1.29 is 17.9 Å². The van der Waals surface area contributed by atoms with Crippen molar-refractivity contribution in [2.24, 2.45) is 0 Å². The molecule has 2 aromatic carbocycles. The van der Waals surface area contributed by atoms with Crippen molar-refractivity contribution in [1.29, 1.82) is 0 Å². The summed E-state index contributed by atoms with van der Waals surface area (Å²) >= 11 is 0. The molecule has 0 aliphatic carbocycles. The summed E-state index contributed by atoms with van der Waals surface area (Å²) in [6, 6.07) is 13.3. The number of rotatable bonds is 5. The lowest BCUT2D eigenvalue weighted by molar-refractivity contribution is 0.102. The number of ether oxygens (including phenoxy) is 1. The van der Waals surface area contributed by atoms with Crippen LogP contribution in [0, 0.1) is 0 Å². The highest BCUT2D eigenvalue weighted by atomic mass is 32.2. The Balaban J connectivity index is 1.82. The second-order valence-electron chi connectivity index (χ2n) is 6.50. The van der Waals surface area contributed by atoms with E-state index in [4.69, 9.17) is 4.74 Å². The zero-order valence-corrected chi connectivity index (χ0v) is 16.2. The molecule has 0 spiro atoms. The van der Waals surface area contributed by atoms with Crippen LogP contribution in [-0.4, -0.2) is 38.8 Å². The lowest BCUT2D eigenvalue weighted by Gasteiger charge is -2.20. The molecule has 6 nitrogen and oxygen atoms in total. The Bertz CT molecular complexity index is 904. The fourth-order valence-corrected chi connectivity index (χ4v) is 4.76. The van der Waals surface area contributed by atoms with Gasteiger partial charge in [-0.2, -0.15) is 4.31 Å². The molecule has 1 amide bonds. The van der Waals surface area contributed by atoms with Crippen molar-refractivity contribution in [3.63, 3.8) is 0 Å². The summed E-state index contributed by atoms with van der Waals surface area (Å²) in [5.41, 5.74) is 0.822. The van der Waals surface area contributed by atoms with Crippen LogP contribution < -0.4 is 10.1 Å². The van der Waals surface area contributed by atoms with E-state index >= 15 is 0 Å². The van der Waals surface area contributed by atoms with Crippen LogP contribution in [0.3, 0.4) is 0 Å². The second-order valence-corrected chi connectivity index (χ2v) is 8.44. The quantitative estimate of drug-likeness (QED) is 0.850. The van der Waals surface area contributed by atoms with Gasteiger partial charge in [0, 0.05) is 18.8 Å². The van der Waals surface area contributed by atoms with Crippen LogP contribution in [0.4, 0.5) is 5.69 Å². The van der Waals surface area contributed by atoms with Crippen LogP contribution >= 0.6 is 0 Å². The molecule has 27 heavy (non-hydrogen) atoms. The van der Waals surface area contributed by atoms with Gasteiger partial charge in [0.25, 0.3) is 5.91 Å². The minimum absolute atomic E-state index is 0.197. The molecular weight excluding hydrogens is 364 g/mol. The predicted octanol–water partition coefficient (Wildman–Crippen LogP) is 3.51. The molecule has 1 heterocycles. The fourth-order valence-electron chi connectivity index (χ4n) is 3.20. The van der Waals surface area contributed by atoms with Crippen LogP contribution in [0.15, 0.2) is 53.4 Å². The Kier molecular flexibility index (Phi) is 6.13. The van der Waals surface area contributed by atoms with Gasteiger partial charge in [0.1, 0.15) is 5.75 Å². The fraction of sp³-hybridized carbons (Fsp3) is 0.350. The normalized spacial score (nSPS) is 15.7. The first-order valence-electron chi connectivity index (χ1n) is 9.07. The molecular formula is C20H24N2O4S. The maximum atomic E-state index is 12.9. The Morgan fingerprint density at radius 1 is 1.00 bits per heavy atom. The first kappa shape index (κ1) is 19.4. The molecule has 7 heteroatoms. The number of hydrogen-bond acceptors (Lipinski definition) is 4. The molecule has 1 aliphatic rings. The maximum Gasteiger partial charge on any atom is 0.259 e. The van der Waals surface area contributed by atoms with Crippen molar-refractivity contribution in [3.05, 3.63) is 54.1 Å². The number of para-hydroxylation sites is 1. The zero-order chi connectivity index (χ0) is 19.3. The van der Waals surface area contributed by atoms with Crippen LogP contribution in [0.5, 0.6) is 5.75 Å². The van der Waals surface area contributed by atoms with Crippen molar-refractivity contribution in [2.75, 3.05) is 25.5 Å². The average molecular weight is 388 g/mol. The van der Waals surface area contributed by atoms with Crippen LogP contribution in [0.2, 0.25) is 0 Å². The highest BCUT2D eigenvalue weighted by Gasteiger charge is 2.25. The standard InChI is InChI=1S/C20H24N2O4S/c1-26-19-12-5-4-11-18(19)20(23)21-16-9-8-10-17(15-16)27(24,25)22-13-6-2-3-7-14-22/h4-5,8-12,15H,2-3,6-7,13-14H2,1H3,(H,21,23). The van der Waals surface area contributed by atoms with Gasteiger partial charge in [-0.1, -0.05) is 31.0 Å². The van der Waals surface area contributed by atoms with Gasteiger partial charge in [0.05, 0.1) is 17.6 Å². The van der Waals surface area contributed by atoms with E-state index in [1.54, 1.807) is 46.8 Å². The van der Waals surface area contributed by atoms with Gasteiger partial charge < -0.3 is 10.1 Å². The number of amides is 1. The minimum Gasteiger partial charge on any atom is -0.496 e. The molecule has 2 aromatic rings. The predicted molar refractivity (Wildman–Crippen MR) is 105 cm³/mol. The third-order valence-electron chi connectivity index (χ3n) is 4.65. The van der Waals surface area contributed by atoms with Gasteiger partial charge >= 0.3 is 0 Å². The summed E-state index contributed by atoms with van der Waals surface area (Å²) in [6.45, 7) is 1.08. The Labute approximate surface area is 160 Å². The number of benzene rings is 2. The SMILES string of the molecule is COc1ccccc1C(=O)Nc1cccc(S(=O)(=O)N2CCCCCC2)c1. The molecule has 0 bridgehead atoms. The van der Waals surface area contributed by atoms with Crippen molar-refractivity contribution in [1.82, 2.24) is 4.31 Å². The smallest absolute Gasteiger partial charge is 0.259 e. The molecule has 1 aliphatic heterocycles. The molecule has 1 N–H and O–H groups in total. The number of hydrogen-bond donors (Lipinski definition) is 1. The van der Waals surface area contributed by atoms with Crippen molar-refractivity contribution in [3.8, 4) is 5.75 Å². The third kappa shape index (κ3) is 4.48. The molecule has 0 unspecified atom stereocenters. The van der Waals surface area contributed by atoms with E-state index in [-0.39, 0.29) is 10.8 Å². The molecule has 3 rings (SSSR count). The molecule has 0 saturated carbocycles. The Morgan fingerprint density at radius 3 is 2.41 bits per heavy atom. The van der Waals surface area contributed by atoms with Gasteiger partial charge in [-0.15, -0.1) is 0 Å². The van der Waals surface area contributed by atoms with E-state index in [0.717, 1.165) is 25.7 Å². The first-order chi connectivity index (χ1) is 13.0. The zero-order valence-electron chi connectivity index (χ0n) is 15.3. The number of sulfonamides is 1. The number of nitrogens with zero attached hydrogens (tertiary/aromatic N) is 1. The van der Waals surface area contributed by atoms with Crippen LogP contribution in [-0.2, 0) is 10.0 Å². The topological polar surface area (TPSA) is 75.7 Å². The molecule has 1 fully saturated rings. The summed E-state index contributed by atoms with van der Waals surface area (Å²) in [5, 5.41) is 2.76. The van der Waals surface area contributed by atoms with E-state index in [1.807, 2.05) is 0 Å². The van der Waals surface area contributed by atoms with Gasteiger partial charge in [-0.3, -0.25) is 4.79 Å². The average Bonchev–Trinajstić information content (AvgIpc) is 2.98. The number of anilines is 1. The molecule has 0 atom stereocenters. The van der Waals surface area contributed by atoms with Crippen molar-refractivity contribution in [2.45, 2.75) is 30.6 Å². The molecule has 144 valence electrons. The van der Waals surface area contributed by atoms with E-state index < -0.39 is 10.0 Å². The summed E-state index contributed by atoms with van der Waals surface area (Å²) in [4.78, 5) is 12.7. The molecule has 0 radical (unpaired) electrons. The van der Waals surface area contributed by atoms with Gasteiger partial charge in [-0.25, -0.2) is 8.42 Å². The van der Waals surface area contributed by atoms with Gasteiger partial charge in [0.15, 0.2) is 0 Å². The largest absolute Gasteiger partial charge is 0.496 e. The van der Waals surface area contributed by atoms with E-state index in [1.165, 1.54) is 13.2 Å². The Hall–Kier alpha value is -2.38. The van der Waals surface area contributed by atoms with Crippen LogP contribution in [0.1, 0.15) is 36.0 Å². The minimum atomic E-state index is -3.56. The number of methoxy groups -OCH3 is 1. The number of carbonyl (C=O) groups excluding carboxylic acids is 1. The van der Waals surface area contributed by atoms with Crippen molar-refractivity contribution >= 4 is 21.6 Å². The number of carbonyl (C=O) groups is 1. The number of nitrogens with one attached hydrogen (secondary N) is 1. The summed E-state index contributed by atoms with van der Waals surface area (Å²) in [7, 11) is -2.06. The highest BCUT2D eigenvalue weighted by Crippen LogP contribution is 2.24. The summed E-state index contributed by atoms with van der Waals surface area (Å²) < 4.78 is 32.6. The second kappa shape index (κ2) is 8.54. The van der Waals surface area contributed by atoms with Gasteiger partial charge in [-0.05, 0) is 43.2 Å². The highest BCUT2D eigenvalue weighted by molar-refractivity contribution is 7.89. The van der Waals surface area contributed by atoms with Crippen LogP contribution in [0.25, 0.3) is 0 Å². The first-order valence-corrected chi connectivity index (χ1v) is 10.5. The lowest BCUT2D eigenvalue weighted by Crippen LogP contribution is -2.32. The van der Waals surface area contributed by atoms with E-state index in [0.29, 0.717) is 30.1 Å². The molecule has 0 aromatic heterocycles. The maximum absolute atomic E-state index is 12.9. The Morgan fingerprint density at radius 2 is 1.70 bits per heavy atom. The van der Waals surface area contributed by atoms with Gasteiger partial charge in [0.2, 0.25) is 10.0 Å². The monoisotopic (exact) mass is 388 g/mol. The molecule has 1 saturated heterocycles. The van der Waals surface area contributed by atoms with E-state index in [2.05, 4.69) is 5.32 Å². The summed E-state index contributed by atoms with van der Waals surface area (Å²) in [6.07, 6.45) is 3.87.